The second-order valence-corrected chi connectivity index (χ2v) is 10.1. The van der Waals surface area contributed by atoms with Gasteiger partial charge in [-0.2, -0.15) is 0 Å². The van der Waals surface area contributed by atoms with Crippen LogP contribution in [0.3, 0.4) is 0 Å². The van der Waals surface area contributed by atoms with Gasteiger partial charge in [0.2, 0.25) is 15.9 Å². The molecule has 0 aliphatic carbocycles. The lowest BCUT2D eigenvalue weighted by atomic mass is 9.91. The fraction of sp³-hybridized carbons (Fsp3) is 0.259. The van der Waals surface area contributed by atoms with Crippen LogP contribution in [0.1, 0.15) is 41.9 Å². The average molecular weight is 509 g/mol. The molecule has 6 N–H and O–H groups in total. The van der Waals surface area contributed by atoms with Gasteiger partial charge >= 0.3 is 0 Å². The third-order valence-electron chi connectivity index (χ3n) is 5.93. The van der Waals surface area contributed by atoms with Crippen molar-refractivity contribution in [1.82, 2.24) is 5.32 Å². The lowest BCUT2D eigenvalue weighted by Gasteiger charge is -2.18. The summed E-state index contributed by atoms with van der Waals surface area (Å²) >= 11 is 0. The molecule has 190 valence electrons. The molecule has 0 spiro atoms. The highest BCUT2D eigenvalue weighted by atomic mass is 32.2. The summed E-state index contributed by atoms with van der Waals surface area (Å²) in [6.45, 7) is 0.934. The summed E-state index contributed by atoms with van der Waals surface area (Å²) in [7, 11) is -2.23. The van der Waals surface area contributed by atoms with E-state index in [9.17, 15) is 13.2 Å². The molecule has 3 aromatic rings. The number of unbranched alkanes of at least 4 members (excludes halogenated alkanes) is 1. The number of carbonyl (C=O) groups is 1. The van der Waals surface area contributed by atoms with Crippen LogP contribution in [0.4, 0.5) is 0 Å². The molecule has 1 amide bonds. The van der Waals surface area contributed by atoms with Crippen molar-refractivity contribution in [2.75, 3.05) is 13.7 Å². The Balaban J connectivity index is 1.81. The first kappa shape index (κ1) is 27.1. The molecule has 9 heteroatoms. The van der Waals surface area contributed by atoms with E-state index in [1.54, 1.807) is 43.5 Å². The molecule has 0 radical (unpaired) electrons. The van der Waals surface area contributed by atoms with Crippen LogP contribution in [0.15, 0.2) is 77.7 Å². The largest absolute Gasteiger partial charge is 0.385 e. The zero-order chi connectivity index (χ0) is 26.1. The van der Waals surface area contributed by atoms with E-state index in [2.05, 4.69) is 5.32 Å². The first-order valence-corrected chi connectivity index (χ1v) is 13.2. The second-order valence-electron chi connectivity index (χ2n) is 8.54. The monoisotopic (exact) mass is 508 g/mol. The summed E-state index contributed by atoms with van der Waals surface area (Å²) in [6.07, 6.45) is 2.28. The van der Waals surface area contributed by atoms with E-state index in [1.807, 2.05) is 30.3 Å². The average Bonchev–Trinajstić information content (AvgIpc) is 2.87. The maximum absolute atomic E-state index is 13.2. The van der Waals surface area contributed by atoms with Crippen LogP contribution in [0.25, 0.3) is 11.1 Å². The van der Waals surface area contributed by atoms with Crippen molar-refractivity contribution in [3.8, 4) is 11.1 Å². The number of carbonyl (C=O) groups excluding carboxylic acids is 1. The van der Waals surface area contributed by atoms with Crippen LogP contribution in [0.5, 0.6) is 0 Å². The molecule has 0 heterocycles. The Hall–Kier alpha value is -3.53. The number of amides is 1. The van der Waals surface area contributed by atoms with E-state index in [-0.39, 0.29) is 22.6 Å². The Morgan fingerprint density at radius 3 is 2.42 bits per heavy atom. The summed E-state index contributed by atoms with van der Waals surface area (Å²) in [6, 6.07) is 21.1. The number of nitrogens with two attached hydrogens (primary N) is 2. The Morgan fingerprint density at radius 1 is 1.03 bits per heavy atom. The molecule has 0 aromatic heterocycles. The van der Waals surface area contributed by atoms with Gasteiger partial charge < -0.3 is 15.8 Å². The van der Waals surface area contributed by atoms with E-state index in [1.165, 1.54) is 6.07 Å². The summed E-state index contributed by atoms with van der Waals surface area (Å²) in [5, 5.41) is 16.0. The second kappa shape index (κ2) is 12.4. The zero-order valence-electron chi connectivity index (χ0n) is 20.2. The number of primary sulfonamides is 1. The van der Waals surface area contributed by atoms with Crippen LogP contribution in [-0.4, -0.2) is 33.9 Å². The van der Waals surface area contributed by atoms with Gasteiger partial charge in [-0.25, -0.2) is 13.6 Å². The number of ether oxygens (including phenoxy) is 1. The van der Waals surface area contributed by atoms with Gasteiger partial charge in [0.05, 0.1) is 10.8 Å². The quantitative estimate of drug-likeness (QED) is 0.168. The van der Waals surface area contributed by atoms with Crippen LogP contribution in [0.2, 0.25) is 0 Å². The van der Waals surface area contributed by atoms with E-state index >= 15 is 0 Å². The predicted octanol–water partition coefficient (Wildman–Crippen LogP) is 3.50. The highest BCUT2D eigenvalue weighted by Gasteiger charge is 2.21. The van der Waals surface area contributed by atoms with E-state index < -0.39 is 10.0 Å². The fourth-order valence-electron chi connectivity index (χ4n) is 4.05. The third-order valence-corrected chi connectivity index (χ3v) is 6.90. The third kappa shape index (κ3) is 7.24. The first-order chi connectivity index (χ1) is 17.2. The minimum atomic E-state index is -3.88. The Morgan fingerprint density at radius 2 is 1.75 bits per heavy atom. The fourth-order valence-corrected chi connectivity index (χ4v) is 4.81. The molecular weight excluding hydrogens is 476 g/mol. The molecule has 0 aliphatic rings. The summed E-state index contributed by atoms with van der Waals surface area (Å²) in [5.41, 5.74) is 9.07. The molecule has 3 aromatic carbocycles. The van der Waals surface area contributed by atoms with Crippen LogP contribution in [0, 0.1) is 5.41 Å². The summed E-state index contributed by atoms with van der Waals surface area (Å²) in [4.78, 5) is 13.3. The minimum Gasteiger partial charge on any atom is -0.385 e. The summed E-state index contributed by atoms with van der Waals surface area (Å²) in [5.74, 6) is -0.526. The van der Waals surface area contributed by atoms with Crippen molar-refractivity contribution in [3.05, 3.63) is 89.5 Å². The topological polar surface area (TPSA) is 148 Å². The van der Waals surface area contributed by atoms with Crippen molar-refractivity contribution < 1.29 is 17.9 Å². The SMILES string of the molecule is COCCCCC(C(=O)NCc1cccc(C(=N)N)c1)c1ccc(-c2ccccc2S(N)(=O)=O)cc1. The molecule has 1 unspecified atom stereocenters. The first-order valence-electron chi connectivity index (χ1n) is 11.6. The maximum Gasteiger partial charge on any atom is 0.238 e. The predicted molar refractivity (Wildman–Crippen MR) is 141 cm³/mol. The number of hydrogen-bond acceptors (Lipinski definition) is 5. The number of nitrogens with one attached hydrogen (secondary N) is 2. The molecule has 0 saturated heterocycles. The van der Waals surface area contributed by atoms with Gasteiger partial charge in [0.1, 0.15) is 5.84 Å². The van der Waals surface area contributed by atoms with Crippen molar-refractivity contribution >= 4 is 21.8 Å². The van der Waals surface area contributed by atoms with Gasteiger partial charge in [-0.05, 0) is 41.7 Å². The number of benzene rings is 3. The molecule has 0 saturated carbocycles. The number of nitrogen functional groups attached to an aromatic ring is 1. The van der Waals surface area contributed by atoms with Crippen molar-refractivity contribution in [2.24, 2.45) is 10.9 Å². The lowest BCUT2D eigenvalue weighted by molar-refractivity contribution is -0.122. The van der Waals surface area contributed by atoms with Crippen LogP contribution in [-0.2, 0) is 26.1 Å². The molecular formula is C27H32N4O4S. The van der Waals surface area contributed by atoms with Crippen LogP contribution >= 0.6 is 0 Å². The van der Waals surface area contributed by atoms with Gasteiger partial charge in [0.25, 0.3) is 0 Å². The van der Waals surface area contributed by atoms with Gasteiger partial charge in [-0.3, -0.25) is 10.2 Å². The minimum absolute atomic E-state index is 0.0247. The molecule has 0 bridgehead atoms. The number of rotatable bonds is 12. The number of amidine groups is 1. The standard InChI is InChI=1S/C27H32N4O4S/c1-35-16-5-4-10-24(27(32)31-18-19-7-6-8-22(17-19)26(28)29)21-14-12-20(13-15-21)23-9-2-3-11-25(23)36(30,33)34/h2-3,6-9,11-15,17,24H,4-5,10,16,18H2,1H3,(H3,28,29)(H,31,32)(H2,30,33,34). The van der Waals surface area contributed by atoms with E-state index in [4.69, 9.17) is 21.0 Å². The number of methoxy groups -OCH3 is 1. The smallest absolute Gasteiger partial charge is 0.238 e. The van der Waals surface area contributed by atoms with Crippen LogP contribution < -0.4 is 16.2 Å². The Bertz CT molecular complexity index is 1310. The van der Waals surface area contributed by atoms with Gasteiger partial charge in [0, 0.05) is 31.4 Å². The molecule has 8 nitrogen and oxygen atoms in total. The number of hydrogen-bond donors (Lipinski definition) is 4. The molecule has 0 aliphatic heterocycles. The van der Waals surface area contributed by atoms with Crippen molar-refractivity contribution in [3.63, 3.8) is 0 Å². The Kier molecular flexibility index (Phi) is 9.35. The highest BCUT2D eigenvalue weighted by Crippen LogP contribution is 2.29. The molecule has 36 heavy (non-hydrogen) atoms. The maximum atomic E-state index is 13.2. The molecule has 3 rings (SSSR count). The normalized spacial score (nSPS) is 12.2. The van der Waals surface area contributed by atoms with E-state index in [0.717, 1.165) is 24.0 Å². The Labute approximate surface area is 212 Å². The van der Waals surface area contributed by atoms with Crippen molar-refractivity contribution in [2.45, 2.75) is 36.6 Å². The van der Waals surface area contributed by atoms with Gasteiger partial charge in [0.15, 0.2) is 0 Å². The summed E-state index contributed by atoms with van der Waals surface area (Å²) < 4.78 is 29.2. The van der Waals surface area contributed by atoms with E-state index in [0.29, 0.717) is 36.3 Å². The highest BCUT2D eigenvalue weighted by molar-refractivity contribution is 7.89. The van der Waals surface area contributed by atoms with Gasteiger partial charge in [-0.1, -0.05) is 67.1 Å². The van der Waals surface area contributed by atoms with Crippen molar-refractivity contribution in [1.29, 1.82) is 5.41 Å². The number of sulfonamides is 1. The zero-order valence-corrected chi connectivity index (χ0v) is 21.1. The molecule has 1 atom stereocenters. The van der Waals surface area contributed by atoms with Gasteiger partial charge in [-0.15, -0.1) is 0 Å². The molecule has 0 fully saturated rings. The lowest BCUT2D eigenvalue weighted by Crippen LogP contribution is -2.29.